The van der Waals surface area contributed by atoms with Gasteiger partial charge >= 0.3 is 11.6 Å². The molecule has 29 heavy (non-hydrogen) atoms. The van der Waals surface area contributed by atoms with E-state index in [0.29, 0.717) is 24.2 Å². The van der Waals surface area contributed by atoms with E-state index in [1.54, 1.807) is 18.2 Å². The molecule has 1 aliphatic rings. The summed E-state index contributed by atoms with van der Waals surface area (Å²) in [7, 11) is 0. The molecule has 1 amide bonds. The van der Waals surface area contributed by atoms with Gasteiger partial charge in [0.25, 0.3) is 5.91 Å². The van der Waals surface area contributed by atoms with Crippen molar-refractivity contribution < 1.29 is 23.5 Å². The maximum Gasteiger partial charge on any atom is 0.344 e. The number of amides is 1. The van der Waals surface area contributed by atoms with Crippen molar-refractivity contribution >= 4 is 22.8 Å². The fourth-order valence-corrected chi connectivity index (χ4v) is 3.32. The monoisotopic (exact) mass is 398 g/mol. The Labute approximate surface area is 167 Å². The zero-order chi connectivity index (χ0) is 20.9. The Balaban J connectivity index is 1.52. The summed E-state index contributed by atoms with van der Waals surface area (Å²) < 4.78 is 15.5. The fraction of sp³-hybridized carbons (Fsp3) is 0.429. The van der Waals surface area contributed by atoms with Crippen molar-refractivity contribution in [3.05, 3.63) is 40.8 Å². The van der Waals surface area contributed by atoms with Crippen molar-refractivity contribution in [2.45, 2.75) is 50.7 Å². The molecular weight excluding hydrogens is 376 g/mol. The van der Waals surface area contributed by atoms with Gasteiger partial charge in [0.1, 0.15) is 16.9 Å². The molecule has 1 aromatic carbocycles. The minimum atomic E-state index is -1.05. The number of hydrogen-bond acceptors (Lipinski definition) is 7. The molecule has 0 saturated heterocycles. The number of carbonyl (C=O) groups excluding carboxylic acids is 2. The Hall–Kier alpha value is -3.34. The van der Waals surface area contributed by atoms with Gasteiger partial charge in [0.15, 0.2) is 12.7 Å². The minimum Gasteiger partial charge on any atom is -0.482 e. The maximum absolute atomic E-state index is 12.3. The molecule has 8 heteroatoms. The van der Waals surface area contributed by atoms with E-state index in [0.717, 1.165) is 24.6 Å². The molecule has 8 nitrogen and oxygen atoms in total. The van der Waals surface area contributed by atoms with E-state index in [1.807, 2.05) is 0 Å². The van der Waals surface area contributed by atoms with Crippen LogP contribution in [0.2, 0.25) is 0 Å². The van der Waals surface area contributed by atoms with Gasteiger partial charge in [-0.1, -0.05) is 19.3 Å². The van der Waals surface area contributed by atoms with Crippen molar-refractivity contribution in [2.75, 3.05) is 6.61 Å². The van der Waals surface area contributed by atoms with Crippen LogP contribution in [-0.4, -0.2) is 30.1 Å². The van der Waals surface area contributed by atoms with Crippen molar-refractivity contribution in [1.29, 1.82) is 5.26 Å². The van der Waals surface area contributed by atoms with E-state index >= 15 is 0 Å². The Morgan fingerprint density at radius 2 is 1.97 bits per heavy atom. The van der Waals surface area contributed by atoms with Crippen molar-refractivity contribution in [2.24, 2.45) is 0 Å². The molecule has 0 spiro atoms. The highest BCUT2D eigenvalue weighted by Gasteiger charge is 2.35. The van der Waals surface area contributed by atoms with Gasteiger partial charge in [0.2, 0.25) is 0 Å². The van der Waals surface area contributed by atoms with Gasteiger partial charge in [-0.15, -0.1) is 0 Å². The molecule has 0 bridgehead atoms. The molecule has 3 rings (SSSR count). The highest BCUT2D eigenvalue weighted by Crippen LogP contribution is 2.27. The van der Waals surface area contributed by atoms with Crippen LogP contribution in [-0.2, 0) is 14.3 Å². The molecule has 1 atom stereocenters. The number of benzene rings is 1. The smallest absolute Gasteiger partial charge is 0.344 e. The molecule has 1 fully saturated rings. The number of hydrogen-bond donors (Lipinski definition) is 1. The van der Waals surface area contributed by atoms with Gasteiger partial charge in [0, 0.05) is 17.5 Å². The van der Waals surface area contributed by atoms with Crippen molar-refractivity contribution in [3.8, 4) is 11.8 Å². The summed E-state index contributed by atoms with van der Waals surface area (Å²) in [5.41, 5.74) is -1.03. The van der Waals surface area contributed by atoms with Crippen molar-refractivity contribution in [3.63, 3.8) is 0 Å². The van der Waals surface area contributed by atoms with Gasteiger partial charge in [-0.25, -0.2) is 9.59 Å². The number of nitrogens with zero attached hydrogens (tertiary/aromatic N) is 1. The molecule has 1 N–H and O–H groups in total. The molecule has 0 aliphatic heterocycles. The third-order valence-corrected chi connectivity index (χ3v) is 4.91. The summed E-state index contributed by atoms with van der Waals surface area (Å²) in [4.78, 5) is 35.7. The topological polar surface area (TPSA) is 119 Å². The van der Waals surface area contributed by atoms with Crippen LogP contribution in [0, 0.1) is 11.3 Å². The SMILES string of the molecule is C[C@H](OC(=O)COc1ccc2ccc(=O)oc2c1)C(=O)NC1(C#N)CCCCC1. The third kappa shape index (κ3) is 5.13. The van der Waals surface area contributed by atoms with E-state index in [9.17, 15) is 19.6 Å². The molecular formula is C21H22N2O6. The standard InChI is InChI=1S/C21H22N2O6/c1-14(20(26)23-21(13-22)9-3-2-4-10-21)28-19(25)12-27-16-7-5-15-6-8-18(24)29-17(15)11-16/h5-8,11,14H,2-4,9-10,12H2,1H3,(H,23,26)/t14-/m0/s1. The molecule has 1 saturated carbocycles. The number of rotatable bonds is 6. The number of carbonyl (C=O) groups is 2. The summed E-state index contributed by atoms with van der Waals surface area (Å²) in [5, 5.41) is 12.9. The van der Waals surface area contributed by atoms with E-state index in [4.69, 9.17) is 13.9 Å². The quantitative estimate of drug-likeness (QED) is 0.586. The highest BCUT2D eigenvalue weighted by atomic mass is 16.6. The Morgan fingerprint density at radius 3 is 2.69 bits per heavy atom. The van der Waals surface area contributed by atoms with Gasteiger partial charge in [-0.05, 0) is 38.0 Å². The van der Waals surface area contributed by atoms with Crippen LogP contribution in [0.4, 0.5) is 0 Å². The van der Waals surface area contributed by atoms with Crippen molar-refractivity contribution in [1.82, 2.24) is 5.32 Å². The van der Waals surface area contributed by atoms with Crippen LogP contribution in [0.5, 0.6) is 5.75 Å². The number of nitriles is 1. The van der Waals surface area contributed by atoms with Crippen LogP contribution in [0.3, 0.4) is 0 Å². The van der Waals surface area contributed by atoms with E-state index < -0.39 is 35.8 Å². The number of fused-ring (bicyclic) bond motifs is 1. The number of nitrogens with one attached hydrogen (secondary N) is 1. The van der Waals surface area contributed by atoms with E-state index in [2.05, 4.69) is 11.4 Å². The number of ether oxygens (including phenoxy) is 2. The molecule has 1 aromatic heterocycles. The van der Waals surface area contributed by atoms with Gasteiger partial charge in [-0.3, -0.25) is 4.79 Å². The minimum absolute atomic E-state index is 0.326. The average molecular weight is 398 g/mol. The predicted octanol–water partition coefficient (Wildman–Crippen LogP) is 2.45. The summed E-state index contributed by atoms with van der Waals surface area (Å²) in [6.07, 6.45) is 2.93. The Morgan fingerprint density at radius 1 is 1.24 bits per heavy atom. The molecule has 0 unspecified atom stereocenters. The highest BCUT2D eigenvalue weighted by molar-refractivity contribution is 5.84. The Kier molecular flexibility index (Phi) is 6.17. The van der Waals surface area contributed by atoms with Gasteiger partial charge in [-0.2, -0.15) is 5.26 Å². The second kappa shape index (κ2) is 8.78. The third-order valence-electron chi connectivity index (χ3n) is 4.91. The molecule has 152 valence electrons. The summed E-state index contributed by atoms with van der Waals surface area (Å²) in [5.74, 6) is -0.905. The lowest BCUT2D eigenvalue weighted by Crippen LogP contribution is -2.52. The van der Waals surface area contributed by atoms with Gasteiger partial charge < -0.3 is 19.2 Å². The molecule has 1 heterocycles. The maximum atomic E-state index is 12.3. The summed E-state index contributed by atoms with van der Waals surface area (Å²) in [6.45, 7) is 1.04. The van der Waals surface area contributed by atoms with Gasteiger partial charge in [0.05, 0.1) is 6.07 Å². The first kappa shape index (κ1) is 20.4. The first-order valence-electron chi connectivity index (χ1n) is 9.50. The largest absolute Gasteiger partial charge is 0.482 e. The zero-order valence-electron chi connectivity index (χ0n) is 16.1. The zero-order valence-corrected chi connectivity index (χ0v) is 16.1. The first-order valence-corrected chi connectivity index (χ1v) is 9.50. The summed E-state index contributed by atoms with van der Waals surface area (Å²) >= 11 is 0. The van der Waals surface area contributed by atoms with Crippen LogP contribution < -0.4 is 15.7 Å². The first-order chi connectivity index (χ1) is 13.9. The lowest BCUT2D eigenvalue weighted by molar-refractivity contribution is -0.157. The molecule has 0 radical (unpaired) electrons. The molecule has 1 aliphatic carbocycles. The van der Waals surface area contributed by atoms with Crippen LogP contribution in [0.15, 0.2) is 39.5 Å². The van der Waals surface area contributed by atoms with Crippen LogP contribution in [0.25, 0.3) is 11.0 Å². The predicted molar refractivity (Wildman–Crippen MR) is 103 cm³/mol. The van der Waals surface area contributed by atoms with Crippen LogP contribution >= 0.6 is 0 Å². The fourth-order valence-electron chi connectivity index (χ4n) is 3.32. The lowest BCUT2D eigenvalue weighted by atomic mass is 9.83. The molecule has 2 aromatic rings. The second-order valence-electron chi connectivity index (χ2n) is 7.12. The second-order valence-corrected chi connectivity index (χ2v) is 7.12. The van der Waals surface area contributed by atoms with E-state index in [1.165, 1.54) is 19.1 Å². The normalized spacial score (nSPS) is 16.4. The number of esters is 1. The average Bonchev–Trinajstić information content (AvgIpc) is 2.72. The van der Waals surface area contributed by atoms with Crippen LogP contribution in [0.1, 0.15) is 39.0 Å². The Bertz CT molecular complexity index is 1000. The van der Waals surface area contributed by atoms with E-state index in [-0.39, 0.29) is 0 Å². The summed E-state index contributed by atoms with van der Waals surface area (Å²) in [6, 6.07) is 9.96. The lowest BCUT2D eigenvalue weighted by Gasteiger charge is -2.32.